The quantitative estimate of drug-likeness (QED) is 0.819. The van der Waals surface area contributed by atoms with Crippen molar-refractivity contribution in [3.63, 3.8) is 0 Å². The Hall–Kier alpha value is -1.12. The van der Waals surface area contributed by atoms with Crippen molar-refractivity contribution < 1.29 is 17.9 Å². The Morgan fingerprint density at radius 1 is 1.38 bits per heavy atom. The van der Waals surface area contributed by atoms with Gasteiger partial charge in [0.1, 0.15) is 4.90 Å². The molecule has 0 heterocycles. The van der Waals surface area contributed by atoms with Gasteiger partial charge in [0, 0.05) is 18.7 Å². The van der Waals surface area contributed by atoms with Crippen LogP contribution in [0, 0.1) is 0 Å². The molecule has 118 valence electrons. The van der Waals surface area contributed by atoms with Crippen molar-refractivity contribution in [1.29, 1.82) is 0 Å². The van der Waals surface area contributed by atoms with Crippen LogP contribution in [0.25, 0.3) is 0 Å². The number of nitrogens with zero attached hydrogens (tertiary/aromatic N) is 1. The Labute approximate surface area is 133 Å². The highest BCUT2D eigenvalue weighted by atomic mass is 79.9. The molecule has 0 atom stereocenters. The lowest BCUT2D eigenvalue weighted by molar-refractivity contribution is 0.0764. The summed E-state index contributed by atoms with van der Waals surface area (Å²) in [6.45, 7) is 4.98. The molecule has 8 heteroatoms. The standard InChI is InChI=1S/C13H19BrN2O4S/c1-4-6-16(5-2)13(17)9-7-10(14)12(20-3)11(8-9)21(15,18)19/h7-8H,4-6H2,1-3H3,(H2,15,18,19). The molecular weight excluding hydrogens is 360 g/mol. The highest BCUT2D eigenvalue weighted by molar-refractivity contribution is 9.10. The molecule has 0 spiro atoms. The number of benzene rings is 1. The summed E-state index contributed by atoms with van der Waals surface area (Å²) >= 11 is 3.21. The summed E-state index contributed by atoms with van der Waals surface area (Å²) in [5.74, 6) is -0.153. The third-order valence-electron chi connectivity index (χ3n) is 2.93. The Morgan fingerprint density at radius 2 is 2.00 bits per heavy atom. The molecule has 0 radical (unpaired) electrons. The van der Waals surface area contributed by atoms with Gasteiger partial charge in [-0.25, -0.2) is 13.6 Å². The molecule has 1 amide bonds. The van der Waals surface area contributed by atoms with E-state index in [1.807, 2.05) is 13.8 Å². The van der Waals surface area contributed by atoms with Gasteiger partial charge in [-0.3, -0.25) is 4.79 Å². The maximum atomic E-state index is 12.4. The minimum atomic E-state index is -3.99. The van der Waals surface area contributed by atoms with Gasteiger partial charge in [0.2, 0.25) is 10.0 Å². The van der Waals surface area contributed by atoms with Gasteiger partial charge in [-0.1, -0.05) is 6.92 Å². The number of nitrogens with two attached hydrogens (primary N) is 1. The van der Waals surface area contributed by atoms with E-state index in [9.17, 15) is 13.2 Å². The highest BCUT2D eigenvalue weighted by Gasteiger charge is 2.23. The number of hydrogen-bond donors (Lipinski definition) is 1. The molecule has 0 saturated carbocycles. The van der Waals surface area contributed by atoms with Gasteiger partial charge in [-0.2, -0.15) is 0 Å². The number of hydrogen-bond acceptors (Lipinski definition) is 4. The van der Waals surface area contributed by atoms with Crippen LogP contribution in [0.3, 0.4) is 0 Å². The van der Waals surface area contributed by atoms with E-state index in [4.69, 9.17) is 9.88 Å². The van der Waals surface area contributed by atoms with Crippen molar-refractivity contribution in [3.8, 4) is 5.75 Å². The molecule has 0 aromatic heterocycles. The average Bonchev–Trinajstić information content (AvgIpc) is 2.42. The van der Waals surface area contributed by atoms with Crippen LogP contribution >= 0.6 is 15.9 Å². The lowest BCUT2D eigenvalue weighted by atomic mass is 10.2. The fraction of sp³-hybridized carbons (Fsp3) is 0.462. The second-order valence-electron chi connectivity index (χ2n) is 4.42. The van der Waals surface area contributed by atoms with Gasteiger partial charge >= 0.3 is 0 Å². The van der Waals surface area contributed by atoms with Gasteiger partial charge in [0.25, 0.3) is 5.91 Å². The molecule has 1 aromatic rings. The first kappa shape index (κ1) is 17.9. The summed E-state index contributed by atoms with van der Waals surface area (Å²) in [4.78, 5) is 13.9. The van der Waals surface area contributed by atoms with E-state index in [-0.39, 0.29) is 22.1 Å². The van der Waals surface area contributed by atoms with Crippen LogP contribution in [0.15, 0.2) is 21.5 Å². The molecule has 6 nitrogen and oxygen atoms in total. The Balaban J connectivity index is 3.40. The number of methoxy groups -OCH3 is 1. The number of sulfonamides is 1. The van der Waals surface area contributed by atoms with Crippen molar-refractivity contribution >= 4 is 31.9 Å². The molecule has 0 saturated heterocycles. The molecule has 21 heavy (non-hydrogen) atoms. The van der Waals surface area contributed by atoms with Crippen LogP contribution in [0.4, 0.5) is 0 Å². The normalized spacial score (nSPS) is 11.3. The van der Waals surface area contributed by atoms with E-state index in [0.29, 0.717) is 17.6 Å². The molecule has 0 aliphatic heterocycles. The zero-order valence-corrected chi connectivity index (χ0v) is 14.6. The first-order chi connectivity index (χ1) is 9.76. The number of ether oxygens (including phenoxy) is 1. The first-order valence-corrected chi connectivity index (χ1v) is 8.79. The van der Waals surface area contributed by atoms with Crippen molar-refractivity contribution in [2.24, 2.45) is 5.14 Å². The van der Waals surface area contributed by atoms with Crippen molar-refractivity contribution in [1.82, 2.24) is 4.90 Å². The summed E-state index contributed by atoms with van der Waals surface area (Å²) in [5, 5.41) is 5.18. The van der Waals surface area contributed by atoms with Gasteiger partial charge in [-0.05, 0) is 41.4 Å². The number of primary sulfonamides is 1. The first-order valence-electron chi connectivity index (χ1n) is 6.45. The van der Waals surface area contributed by atoms with E-state index >= 15 is 0 Å². The topological polar surface area (TPSA) is 89.7 Å². The highest BCUT2D eigenvalue weighted by Crippen LogP contribution is 2.33. The third kappa shape index (κ3) is 4.18. The van der Waals surface area contributed by atoms with Crippen LogP contribution < -0.4 is 9.88 Å². The second kappa shape index (κ2) is 7.24. The van der Waals surface area contributed by atoms with E-state index in [1.54, 1.807) is 4.90 Å². The number of carbonyl (C=O) groups excluding carboxylic acids is 1. The third-order valence-corrected chi connectivity index (χ3v) is 4.43. The zero-order valence-electron chi connectivity index (χ0n) is 12.2. The van der Waals surface area contributed by atoms with Crippen LogP contribution in [0.2, 0.25) is 0 Å². The fourth-order valence-electron chi connectivity index (χ4n) is 1.96. The SMILES string of the molecule is CCCN(CC)C(=O)c1cc(Br)c(OC)c(S(N)(=O)=O)c1. The lowest BCUT2D eigenvalue weighted by Gasteiger charge is -2.21. The molecule has 0 aliphatic rings. The largest absolute Gasteiger partial charge is 0.494 e. The fourth-order valence-corrected chi connectivity index (χ4v) is 3.45. The second-order valence-corrected chi connectivity index (χ2v) is 6.80. The molecule has 0 aliphatic carbocycles. The van der Waals surface area contributed by atoms with Crippen LogP contribution in [0.5, 0.6) is 5.75 Å². The Bertz CT molecular complexity index is 631. The summed E-state index contributed by atoms with van der Waals surface area (Å²) in [6.07, 6.45) is 0.818. The summed E-state index contributed by atoms with van der Waals surface area (Å²) in [5.41, 5.74) is 0.252. The van der Waals surface area contributed by atoms with E-state index in [1.165, 1.54) is 19.2 Å². The maximum absolute atomic E-state index is 12.4. The predicted molar refractivity (Wildman–Crippen MR) is 83.9 cm³/mol. The van der Waals surface area contributed by atoms with Crippen LogP contribution in [-0.4, -0.2) is 39.4 Å². The Morgan fingerprint density at radius 3 is 2.43 bits per heavy atom. The summed E-state index contributed by atoms with van der Waals surface area (Å²) in [7, 11) is -2.66. The van der Waals surface area contributed by atoms with E-state index in [2.05, 4.69) is 15.9 Å². The van der Waals surface area contributed by atoms with Gasteiger partial charge in [-0.15, -0.1) is 0 Å². The number of amides is 1. The molecule has 2 N–H and O–H groups in total. The molecule has 1 aromatic carbocycles. The molecule has 0 unspecified atom stereocenters. The van der Waals surface area contributed by atoms with Crippen molar-refractivity contribution in [2.45, 2.75) is 25.2 Å². The predicted octanol–water partition coefficient (Wildman–Crippen LogP) is 1.98. The minimum Gasteiger partial charge on any atom is -0.494 e. The zero-order chi connectivity index (χ0) is 16.2. The summed E-state index contributed by atoms with van der Waals surface area (Å²) < 4.78 is 28.7. The van der Waals surface area contributed by atoms with Gasteiger partial charge in [0.05, 0.1) is 11.6 Å². The average molecular weight is 379 g/mol. The van der Waals surface area contributed by atoms with Gasteiger partial charge < -0.3 is 9.64 Å². The van der Waals surface area contributed by atoms with Crippen molar-refractivity contribution in [2.75, 3.05) is 20.2 Å². The van der Waals surface area contributed by atoms with E-state index in [0.717, 1.165) is 6.42 Å². The van der Waals surface area contributed by atoms with Crippen molar-refractivity contribution in [3.05, 3.63) is 22.2 Å². The Kier molecular flexibility index (Phi) is 6.18. The summed E-state index contributed by atoms with van der Waals surface area (Å²) in [6, 6.07) is 2.79. The van der Waals surface area contributed by atoms with Gasteiger partial charge in [0.15, 0.2) is 5.75 Å². The molecule has 1 rings (SSSR count). The molecule has 0 fully saturated rings. The maximum Gasteiger partial charge on any atom is 0.253 e. The number of halogens is 1. The smallest absolute Gasteiger partial charge is 0.253 e. The van der Waals surface area contributed by atoms with Crippen LogP contribution in [-0.2, 0) is 10.0 Å². The monoisotopic (exact) mass is 378 g/mol. The molecular formula is C13H19BrN2O4S. The lowest BCUT2D eigenvalue weighted by Crippen LogP contribution is -2.31. The van der Waals surface area contributed by atoms with Crippen LogP contribution in [0.1, 0.15) is 30.6 Å². The van der Waals surface area contributed by atoms with E-state index < -0.39 is 10.0 Å². The number of carbonyl (C=O) groups is 1. The number of rotatable bonds is 6. The minimum absolute atomic E-state index is 0.0904. The molecule has 0 bridgehead atoms.